The third-order valence-electron chi connectivity index (χ3n) is 16.8. The number of nitrogens with one attached hydrogen (secondary N) is 8. The average Bonchev–Trinajstić information content (AvgIpc) is 1.63. The monoisotopic (exact) mass is 1290 g/mol. The van der Waals surface area contributed by atoms with Crippen LogP contribution in [0.1, 0.15) is 76.9 Å². The third kappa shape index (κ3) is 16.4. The lowest BCUT2D eigenvalue weighted by atomic mass is 9.98. The van der Waals surface area contributed by atoms with Crippen molar-refractivity contribution in [3.8, 4) is 33.6 Å². The Kier molecular flexibility index (Phi) is 21.5. The Morgan fingerprint density at radius 1 is 0.500 bits per heavy atom. The van der Waals surface area contributed by atoms with Crippen molar-refractivity contribution in [1.29, 1.82) is 0 Å². The number of amides is 4. The second-order valence-corrected chi connectivity index (χ2v) is 24.1. The molecule has 12 aromatic rings. The largest absolute Gasteiger partial charge is 0.449 e. The van der Waals surface area contributed by atoms with Crippen molar-refractivity contribution in [1.82, 2.24) is 51.2 Å². The van der Waals surface area contributed by atoms with Crippen LogP contribution in [0.5, 0.6) is 0 Å². The van der Waals surface area contributed by atoms with Gasteiger partial charge in [-0.3, -0.25) is 19.1 Å². The molecule has 1 aliphatic carbocycles. The predicted octanol–water partition coefficient (Wildman–Crippen LogP) is 12.6. The zero-order chi connectivity index (χ0) is 65.5. The number of aromatic amines is 4. The summed E-state index contributed by atoms with van der Waals surface area (Å²) in [6.45, 7) is 3.77. The first-order valence-corrected chi connectivity index (χ1v) is 31.7. The first-order valence-electron chi connectivity index (χ1n) is 31.7. The molecule has 8 aromatic carbocycles. The smallest absolute Gasteiger partial charge is 0.407 e. The molecule has 0 unspecified atom stereocenters. The molecule has 0 spiro atoms. The number of fused-ring (bicyclic) bond motifs is 5. The number of nitrogens with zero attached hydrogens (tertiary/aromatic N) is 2. The molecular formula is C77H76FN11O7. The minimum absolute atomic E-state index is 0. The van der Waals surface area contributed by atoms with Gasteiger partial charge in [0.25, 0.3) is 0 Å². The summed E-state index contributed by atoms with van der Waals surface area (Å²) in [7, 11) is 0. The average molecular weight is 1290 g/mol. The van der Waals surface area contributed by atoms with E-state index in [1.54, 1.807) is 26.2 Å². The van der Waals surface area contributed by atoms with Crippen LogP contribution in [0.4, 0.5) is 9.50 Å². The van der Waals surface area contributed by atoms with Gasteiger partial charge >= 0.3 is 6.09 Å². The Bertz CT molecular complexity index is 4490. The topological polar surface area (TPSA) is 259 Å². The molecule has 0 saturated heterocycles. The van der Waals surface area contributed by atoms with Gasteiger partial charge in [0.15, 0.2) is 0 Å². The highest BCUT2D eigenvalue weighted by Crippen LogP contribution is 2.44. The van der Waals surface area contributed by atoms with Crippen LogP contribution in [0.15, 0.2) is 243 Å². The van der Waals surface area contributed by atoms with E-state index in [1.165, 1.54) is 0 Å². The lowest BCUT2D eigenvalue weighted by molar-refractivity contribution is -0.133. The number of para-hydroxylation sites is 2. The summed E-state index contributed by atoms with van der Waals surface area (Å²) >= 11 is 0. The van der Waals surface area contributed by atoms with Crippen LogP contribution in [0.25, 0.3) is 55.4 Å². The van der Waals surface area contributed by atoms with Gasteiger partial charge in [0.2, 0.25) is 17.7 Å². The maximum Gasteiger partial charge on any atom is 0.407 e. The second-order valence-electron chi connectivity index (χ2n) is 24.1. The van der Waals surface area contributed by atoms with Crippen LogP contribution < -0.4 is 27.0 Å². The summed E-state index contributed by atoms with van der Waals surface area (Å²) in [5.74, 6) is -0.205. The van der Waals surface area contributed by atoms with E-state index in [1.807, 2.05) is 200 Å². The van der Waals surface area contributed by atoms with Crippen molar-refractivity contribution >= 4 is 45.6 Å². The molecule has 4 heterocycles. The molecule has 4 amide bonds. The molecule has 4 aromatic heterocycles. The number of carbonyl (C=O) groups excluding carboxylic acids is 4. The molecule has 4 atom stereocenters. The molecular weight excluding hydrogens is 1210 g/mol. The van der Waals surface area contributed by atoms with E-state index < -0.39 is 53.5 Å². The first-order chi connectivity index (χ1) is 46.4. The summed E-state index contributed by atoms with van der Waals surface area (Å²) in [5.41, 5.74) is 19.0. The fraction of sp³-hybridized carbons (Fsp3) is 0.195. The summed E-state index contributed by atoms with van der Waals surface area (Å²) in [6.07, 6.45) is 7.65. The first kappa shape index (κ1) is 66.2. The highest BCUT2D eigenvalue weighted by atomic mass is 19.0. The van der Waals surface area contributed by atoms with Crippen LogP contribution >= 0.6 is 0 Å². The molecule has 0 saturated carbocycles. The highest BCUT2D eigenvalue weighted by Gasteiger charge is 2.33. The number of aromatic nitrogens is 6. The van der Waals surface area contributed by atoms with Crippen LogP contribution in [0, 0.1) is 0 Å². The van der Waals surface area contributed by atoms with Gasteiger partial charge in [-0.2, -0.15) is 0 Å². The maximum absolute atomic E-state index is 14.3. The highest BCUT2D eigenvalue weighted by molar-refractivity contribution is 5.92. The zero-order valence-electron chi connectivity index (χ0n) is 53.2. The van der Waals surface area contributed by atoms with E-state index in [9.17, 15) is 19.2 Å². The molecule has 0 fully saturated rings. The number of imidazole rings is 2. The number of alkyl carbamates (subject to hydrolysis) is 1. The second kappa shape index (κ2) is 31.1. The summed E-state index contributed by atoms with van der Waals surface area (Å²) in [4.78, 5) is 77.2. The van der Waals surface area contributed by atoms with Gasteiger partial charge in [-0.05, 0) is 81.6 Å². The minimum Gasteiger partial charge on any atom is -0.449 e. The lowest BCUT2D eigenvalue weighted by Gasteiger charge is -2.26. The standard InChI is InChI=1S/C44H39N5O4.C33H36N6O3.FH/c50-43(48-39(23-31-24-45-38-22-12-11-17-32(31)38)42-46-25-40(47-42)30-15-5-2-6-16-30)41(28-52-26-29-13-3-1-4-14-29)49-44(51)53-27-37-35-20-9-7-18-33(35)34-19-8-10-21-36(34)37;1-33(2,34)32(41)39-29(21-42-20-22-11-5-3-6-12-22)31(40)38-27(17-24-18-35-26-16-10-9-15-25(24)26)30-36-19-28(37-30)23-13-7-4-8-14-23;/h1-22,24-25,37,39,41,45H,23,26-28H2,(H,46,47)(H,48,50)(H,49,51);3-16,18-19,27,29,35H,17,20-21,34H2,1-2H3,(H,36,37)(H,38,40)(H,39,41);1H/t39-,41-;27-,29-;/m11./s1. The lowest BCUT2D eigenvalue weighted by Crippen LogP contribution is -2.57. The maximum atomic E-state index is 14.3. The van der Waals surface area contributed by atoms with Crippen LogP contribution in [-0.4, -0.2) is 91.2 Å². The van der Waals surface area contributed by atoms with Gasteiger partial charge in [-0.1, -0.05) is 206 Å². The quantitative estimate of drug-likeness (QED) is 0.0261. The predicted molar refractivity (Wildman–Crippen MR) is 371 cm³/mol. The Balaban J connectivity index is 0.000000199. The van der Waals surface area contributed by atoms with Gasteiger partial charge in [0.1, 0.15) is 30.3 Å². The Labute approximate surface area is 555 Å². The summed E-state index contributed by atoms with van der Waals surface area (Å²) in [5, 5.41) is 14.0. The van der Waals surface area contributed by atoms with E-state index in [0.717, 1.165) is 88.8 Å². The van der Waals surface area contributed by atoms with Crippen molar-refractivity contribution < 1.29 is 38.1 Å². The molecule has 19 heteroatoms. The van der Waals surface area contributed by atoms with Gasteiger partial charge < -0.3 is 61.1 Å². The molecule has 96 heavy (non-hydrogen) atoms. The van der Waals surface area contributed by atoms with Crippen molar-refractivity contribution in [2.24, 2.45) is 5.73 Å². The van der Waals surface area contributed by atoms with Gasteiger partial charge in [-0.25, -0.2) is 14.8 Å². The SMILES string of the molecule is CC(C)(N)C(=O)N[C@H](COCc1ccccc1)C(=O)N[C@H](Cc1c[nH]c2ccccc12)c1ncc(-c2ccccc2)[nH]1.F.O=C(N[C@H](COCc1ccccc1)C(=O)N[C@H](Cc1c[nH]c2ccccc12)c1ncc(-c2ccccc2)[nH]1)OCC1c2ccccc2-c2ccccc21. The van der Waals surface area contributed by atoms with Crippen molar-refractivity contribution in [2.75, 3.05) is 19.8 Å². The van der Waals surface area contributed by atoms with Crippen molar-refractivity contribution in [3.63, 3.8) is 0 Å². The van der Waals surface area contributed by atoms with Crippen molar-refractivity contribution in [3.05, 3.63) is 288 Å². The van der Waals surface area contributed by atoms with E-state index in [0.29, 0.717) is 31.1 Å². The van der Waals surface area contributed by atoms with E-state index in [2.05, 4.69) is 76.5 Å². The van der Waals surface area contributed by atoms with Crippen LogP contribution in [0.3, 0.4) is 0 Å². The third-order valence-corrected chi connectivity index (χ3v) is 16.8. The Hall–Kier alpha value is -11.3. The summed E-state index contributed by atoms with van der Waals surface area (Å²) in [6, 6.07) is 68.4. The molecule has 18 nitrogen and oxygen atoms in total. The summed E-state index contributed by atoms with van der Waals surface area (Å²) < 4.78 is 17.8. The fourth-order valence-corrected chi connectivity index (χ4v) is 11.8. The van der Waals surface area contributed by atoms with Crippen LogP contribution in [-0.2, 0) is 54.6 Å². The molecule has 0 aliphatic heterocycles. The number of carbonyl (C=O) groups is 4. The fourth-order valence-electron chi connectivity index (χ4n) is 11.8. The van der Waals surface area contributed by atoms with Gasteiger partial charge in [0.05, 0.1) is 67.8 Å². The number of rotatable bonds is 25. The molecule has 13 rings (SSSR count). The number of hydrogen-bond donors (Lipinski definition) is 9. The number of hydrogen-bond acceptors (Lipinski definition) is 10. The molecule has 1 aliphatic rings. The molecule has 488 valence electrons. The van der Waals surface area contributed by atoms with Gasteiger partial charge in [0, 0.05) is 53.0 Å². The normalized spacial score (nSPS) is 13.0. The number of ether oxygens (including phenoxy) is 3. The molecule has 0 radical (unpaired) electrons. The van der Waals surface area contributed by atoms with Gasteiger partial charge in [-0.15, -0.1) is 0 Å². The molecule has 0 bridgehead atoms. The zero-order valence-corrected chi connectivity index (χ0v) is 53.2. The van der Waals surface area contributed by atoms with E-state index >= 15 is 0 Å². The Morgan fingerprint density at radius 2 is 0.896 bits per heavy atom. The number of H-pyrrole nitrogens is 4. The van der Waals surface area contributed by atoms with Crippen molar-refractivity contribution in [2.45, 2.75) is 75.5 Å². The number of nitrogens with two attached hydrogens (primary N) is 1. The van der Waals surface area contributed by atoms with E-state index in [4.69, 9.17) is 24.9 Å². The van der Waals surface area contributed by atoms with E-state index in [-0.39, 0.29) is 37.0 Å². The molecule has 10 N–H and O–H groups in total. The minimum atomic E-state index is -1.17. The van der Waals surface area contributed by atoms with Crippen LogP contribution in [0.2, 0.25) is 0 Å². The Morgan fingerprint density at radius 3 is 1.34 bits per heavy atom. The number of halogens is 1. The number of benzene rings is 8.